The Balaban J connectivity index is 2.19. The Labute approximate surface area is 130 Å². The maximum absolute atomic E-state index is 8.57. The Morgan fingerprint density at radius 2 is 1.76 bits per heavy atom. The number of hydrogen-bond donors (Lipinski definition) is 1. The van der Waals surface area contributed by atoms with Crippen molar-refractivity contribution in [2.45, 2.75) is 70.4 Å². The van der Waals surface area contributed by atoms with Gasteiger partial charge in [-0.1, -0.05) is 44.5 Å². The molecule has 0 aromatic carbocycles. The number of epoxide rings is 1. The van der Waals surface area contributed by atoms with E-state index in [1.165, 1.54) is 0 Å². The first-order valence-electron chi connectivity index (χ1n) is 7.59. The van der Waals surface area contributed by atoms with Crippen LogP contribution in [0.2, 0.25) is 18.1 Å². The lowest BCUT2D eigenvalue weighted by molar-refractivity contribution is 0.242. The van der Waals surface area contributed by atoms with E-state index in [1.807, 2.05) is 0 Å². The van der Waals surface area contributed by atoms with E-state index >= 15 is 0 Å². The second-order valence-electron chi connectivity index (χ2n) is 6.85. The van der Waals surface area contributed by atoms with Crippen LogP contribution in [0.3, 0.4) is 0 Å². The summed E-state index contributed by atoms with van der Waals surface area (Å²) in [6, 6.07) is 0. The third-order valence-corrected chi connectivity index (χ3v) is 8.57. The molecule has 0 amide bonds. The first-order chi connectivity index (χ1) is 9.78. The van der Waals surface area contributed by atoms with E-state index < -0.39 is 8.32 Å². The molecule has 0 aliphatic carbocycles. The van der Waals surface area contributed by atoms with Gasteiger partial charge in [0.05, 0.1) is 25.7 Å². The highest BCUT2D eigenvalue weighted by molar-refractivity contribution is 6.74. The molecule has 1 saturated heterocycles. The van der Waals surface area contributed by atoms with Crippen molar-refractivity contribution in [3.05, 3.63) is 0 Å². The summed E-state index contributed by atoms with van der Waals surface area (Å²) in [4.78, 5) is 0. The van der Waals surface area contributed by atoms with E-state index in [0.29, 0.717) is 19.4 Å². The molecule has 0 spiro atoms. The van der Waals surface area contributed by atoms with E-state index in [9.17, 15) is 0 Å². The van der Waals surface area contributed by atoms with Crippen molar-refractivity contribution in [2.24, 2.45) is 0 Å². The van der Waals surface area contributed by atoms with Crippen LogP contribution >= 0.6 is 0 Å². The predicted molar refractivity (Wildman–Crippen MR) is 88.3 cm³/mol. The summed E-state index contributed by atoms with van der Waals surface area (Å²) in [5.74, 6) is 11.9. The second kappa shape index (κ2) is 8.01. The molecule has 1 N–H and O–H groups in total. The van der Waals surface area contributed by atoms with Crippen molar-refractivity contribution in [3.63, 3.8) is 0 Å². The van der Waals surface area contributed by atoms with Gasteiger partial charge in [0, 0.05) is 12.8 Å². The number of aliphatic hydroxyl groups is 1. The summed E-state index contributed by atoms with van der Waals surface area (Å²) in [5.41, 5.74) is 0. The Morgan fingerprint density at radius 3 is 2.38 bits per heavy atom. The summed E-state index contributed by atoms with van der Waals surface area (Å²) >= 11 is 0. The van der Waals surface area contributed by atoms with Gasteiger partial charge in [-0.15, -0.1) is 0 Å². The third kappa shape index (κ3) is 6.67. The molecule has 118 valence electrons. The molecular weight excluding hydrogens is 280 g/mol. The SMILES string of the molecule is CC(C)(C)[Si](C)(C)OC[C@H]1O[C@H]1CC#CCC#CCCO. The molecule has 3 nitrogen and oxygen atoms in total. The van der Waals surface area contributed by atoms with Crippen molar-refractivity contribution in [3.8, 4) is 23.7 Å². The summed E-state index contributed by atoms with van der Waals surface area (Å²) in [6.45, 7) is 12.1. The molecule has 0 bridgehead atoms. The molecule has 0 saturated carbocycles. The molecule has 1 aliphatic heterocycles. The van der Waals surface area contributed by atoms with Gasteiger partial charge in [-0.25, -0.2) is 0 Å². The Hall–Kier alpha value is -0.783. The maximum Gasteiger partial charge on any atom is 0.192 e. The van der Waals surface area contributed by atoms with Gasteiger partial charge in [-0.2, -0.15) is 0 Å². The second-order valence-corrected chi connectivity index (χ2v) is 11.7. The molecule has 0 radical (unpaired) electrons. The van der Waals surface area contributed by atoms with E-state index in [4.69, 9.17) is 14.3 Å². The van der Waals surface area contributed by atoms with Gasteiger partial charge in [0.25, 0.3) is 0 Å². The minimum absolute atomic E-state index is 0.117. The Morgan fingerprint density at radius 1 is 1.10 bits per heavy atom. The van der Waals surface area contributed by atoms with Crippen molar-refractivity contribution in [2.75, 3.05) is 13.2 Å². The molecule has 1 aliphatic rings. The molecule has 1 fully saturated rings. The van der Waals surface area contributed by atoms with E-state index in [2.05, 4.69) is 57.5 Å². The summed E-state index contributed by atoms with van der Waals surface area (Å²) in [7, 11) is -1.67. The van der Waals surface area contributed by atoms with Crippen molar-refractivity contribution in [1.82, 2.24) is 0 Å². The molecule has 2 atom stereocenters. The molecule has 0 aromatic rings. The molecule has 0 unspecified atom stereocenters. The smallest absolute Gasteiger partial charge is 0.192 e. The first-order valence-corrected chi connectivity index (χ1v) is 10.5. The molecule has 4 heteroatoms. The standard InChI is InChI=1S/C17H28O3Si/c1-17(2,3)21(4,5)19-14-16-15(20-16)12-10-8-6-7-9-11-13-18/h15-16,18H,6,11-14H2,1-5H3/t15-,16+/m0/s1. The lowest BCUT2D eigenvalue weighted by atomic mass is 10.2. The lowest BCUT2D eigenvalue weighted by Crippen LogP contribution is -2.41. The van der Waals surface area contributed by atoms with Gasteiger partial charge in [-0.05, 0) is 18.1 Å². The summed E-state index contributed by atoms with van der Waals surface area (Å²) in [5, 5.41) is 8.81. The van der Waals surface area contributed by atoms with Crippen LogP contribution in [-0.2, 0) is 9.16 Å². The molecule has 1 heterocycles. The minimum atomic E-state index is -1.67. The Bertz CT molecular complexity index is 443. The number of aliphatic hydroxyl groups excluding tert-OH is 1. The fraction of sp³-hybridized carbons (Fsp3) is 0.765. The monoisotopic (exact) mass is 308 g/mol. The molecular formula is C17H28O3Si. The normalized spacial score (nSPS) is 21.0. The van der Waals surface area contributed by atoms with E-state index in [0.717, 1.165) is 6.42 Å². The largest absolute Gasteiger partial charge is 0.414 e. The first kappa shape index (κ1) is 18.3. The van der Waals surface area contributed by atoms with Crippen LogP contribution in [0.15, 0.2) is 0 Å². The zero-order valence-corrected chi connectivity index (χ0v) is 15.0. The summed E-state index contributed by atoms with van der Waals surface area (Å²) in [6.07, 6.45) is 2.30. The van der Waals surface area contributed by atoms with Crippen LogP contribution in [0.25, 0.3) is 0 Å². The lowest BCUT2D eigenvalue weighted by Gasteiger charge is -2.35. The van der Waals surface area contributed by atoms with Crippen LogP contribution in [0, 0.1) is 23.7 Å². The van der Waals surface area contributed by atoms with Crippen LogP contribution in [0.5, 0.6) is 0 Å². The average molecular weight is 308 g/mol. The molecule has 0 aromatic heterocycles. The van der Waals surface area contributed by atoms with Gasteiger partial charge in [0.2, 0.25) is 0 Å². The van der Waals surface area contributed by atoms with Gasteiger partial charge in [0.1, 0.15) is 6.10 Å². The highest BCUT2D eigenvalue weighted by Gasteiger charge is 2.43. The van der Waals surface area contributed by atoms with Crippen molar-refractivity contribution >= 4 is 8.32 Å². The van der Waals surface area contributed by atoms with E-state index in [1.54, 1.807) is 0 Å². The highest BCUT2D eigenvalue weighted by atomic mass is 28.4. The average Bonchev–Trinajstić information content (AvgIpc) is 3.13. The van der Waals surface area contributed by atoms with Gasteiger partial charge >= 0.3 is 0 Å². The zero-order chi connectivity index (χ0) is 15.9. The van der Waals surface area contributed by atoms with Crippen molar-refractivity contribution < 1.29 is 14.3 Å². The van der Waals surface area contributed by atoms with Gasteiger partial charge < -0.3 is 14.3 Å². The number of hydrogen-bond acceptors (Lipinski definition) is 3. The fourth-order valence-electron chi connectivity index (χ4n) is 1.50. The highest BCUT2D eigenvalue weighted by Crippen LogP contribution is 2.37. The fourth-order valence-corrected chi connectivity index (χ4v) is 2.51. The van der Waals surface area contributed by atoms with Gasteiger partial charge in [0.15, 0.2) is 8.32 Å². The predicted octanol–water partition coefficient (Wildman–Crippen LogP) is 2.95. The minimum Gasteiger partial charge on any atom is -0.414 e. The Kier molecular flexibility index (Phi) is 6.97. The number of rotatable bonds is 5. The topological polar surface area (TPSA) is 42.0 Å². The zero-order valence-electron chi connectivity index (χ0n) is 14.0. The van der Waals surface area contributed by atoms with Gasteiger partial charge in [-0.3, -0.25) is 0 Å². The third-order valence-electron chi connectivity index (χ3n) is 4.07. The molecule has 21 heavy (non-hydrogen) atoms. The van der Waals surface area contributed by atoms with E-state index in [-0.39, 0.29) is 23.9 Å². The van der Waals surface area contributed by atoms with Crippen LogP contribution < -0.4 is 0 Å². The summed E-state index contributed by atoms with van der Waals surface area (Å²) < 4.78 is 11.7. The molecule has 1 rings (SSSR count). The van der Waals surface area contributed by atoms with Crippen molar-refractivity contribution in [1.29, 1.82) is 0 Å². The maximum atomic E-state index is 8.57. The van der Waals surface area contributed by atoms with Crippen LogP contribution in [-0.4, -0.2) is 38.8 Å². The quantitative estimate of drug-likeness (QED) is 0.482. The number of ether oxygens (including phenoxy) is 1. The van der Waals surface area contributed by atoms with Crippen LogP contribution in [0.4, 0.5) is 0 Å². The van der Waals surface area contributed by atoms with Crippen LogP contribution in [0.1, 0.15) is 40.0 Å².